The van der Waals surface area contributed by atoms with Crippen molar-refractivity contribution in [2.45, 2.75) is 39.4 Å². The molecule has 0 aliphatic heterocycles. The van der Waals surface area contributed by atoms with Crippen molar-refractivity contribution in [2.24, 2.45) is 0 Å². The highest BCUT2D eigenvalue weighted by Crippen LogP contribution is 2.19. The van der Waals surface area contributed by atoms with Gasteiger partial charge < -0.3 is 4.74 Å². The number of carbonyl (C=O) groups is 1. The quantitative estimate of drug-likeness (QED) is 0.742. The molecule has 0 spiro atoms. The summed E-state index contributed by atoms with van der Waals surface area (Å²) >= 11 is 1.76. The van der Waals surface area contributed by atoms with E-state index in [-0.39, 0.29) is 11.9 Å². The minimum atomic E-state index is -0.337. The van der Waals surface area contributed by atoms with Crippen molar-refractivity contribution in [3.63, 3.8) is 0 Å². The van der Waals surface area contributed by atoms with Crippen molar-refractivity contribution >= 4 is 17.7 Å². The van der Waals surface area contributed by atoms with Crippen LogP contribution < -0.4 is 0 Å². The molecule has 1 aromatic rings. The first-order valence-electron chi connectivity index (χ1n) is 6.20. The summed E-state index contributed by atoms with van der Waals surface area (Å²) in [6, 6.07) is 0. The van der Waals surface area contributed by atoms with Crippen LogP contribution in [0.4, 0.5) is 0 Å². The molecule has 0 aromatic carbocycles. The molecule has 1 rings (SSSR count). The van der Waals surface area contributed by atoms with Crippen LogP contribution in [0.15, 0.2) is 6.20 Å². The van der Waals surface area contributed by atoms with E-state index in [1.54, 1.807) is 24.9 Å². The molecule has 0 bridgehead atoms. The Hall–Kier alpha value is -1.10. The van der Waals surface area contributed by atoms with Crippen molar-refractivity contribution < 1.29 is 9.53 Å². The highest BCUT2D eigenvalue weighted by molar-refractivity contribution is 7.98. The molecule has 4 nitrogen and oxygen atoms in total. The van der Waals surface area contributed by atoms with E-state index in [0.717, 1.165) is 23.0 Å². The second kappa shape index (κ2) is 7.36. The molecule has 5 heteroatoms. The Labute approximate surface area is 113 Å². The van der Waals surface area contributed by atoms with Crippen LogP contribution in [0.25, 0.3) is 0 Å². The van der Waals surface area contributed by atoms with Crippen LogP contribution in [-0.2, 0) is 10.5 Å². The number of nitrogens with zero attached hydrogens (tertiary/aromatic N) is 2. The first-order chi connectivity index (χ1) is 8.60. The molecule has 0 saturated carbocycles. The molecule has 0 aliphatic rings. The molecule has 0 saturated heterocycles. The molecule has 0 N–H and O–H groups in total. The smallest absolute Gasteiger partial charge is 0.341 e. The molecule has 0 atom stereocenters. The van der Waals surface area contributed by atoms with Gasteiger partial charge in [-0.05, 0) is 18.6 Å². The first-order valence-corrected chi connectivity index (χ1v) is 7.36. The summed E-state index contributed by atoms with van der Waals surface area (Å²) in [7, 11) is 0. The number of esters is 1. The van der Waals surface area contributed by atoms with Gasteiger partial charge in [0.1, 0.15) is 5.82 Å². The fourth-order valence-electron chi connectivity index (χ4n) is 1.50. The lowest BCUT2D eigenvalue weighted by atomic mass is 10.1. The first kappa shape index (κ1) is 15.0. The summed E-state index contributed by atoms with van der Waals surface area (Å²) < 4.78 is 5.02. The Kier molecular flexibility index (Phi) is 6.12. The van der Waals surface area contributed by atoms with E-state index in [9.17, 15) is 4.79 Å². The molecule has 18 heavy (non-hydrogen) atoms. The van der Waals surface area contributed by atoms with Crippen LogP contribution in [0.5, 0.6) is 0 Å². The third-order valence-corrected chi connectivity index (χ3v) is 3.22. The molecular formula is C13H20N2O2S. The average molecular weight is 268 g/mol. The number of aromatic nitrogens is 2. The highest BCUT2D eigenvalue weighted by atomic mass is 32.2. The van der Waals surface area contributed by atoms with Gasteiger partial charge in [-0.25, -0.2) is 14.8 Å². The second-order valence-electron chi connectivity index (χ2n) is 4.10. The zero-order valence-electron chi connectivity index (χ0n) is 11.4. The number of ether oxygens (including phenoxy) is 1. The van der Waals surface area contributed by atoms with Crippen LogP contribution in [0.2, 0.25) is 0 Å². The van der Waals surface area contributed by atoms with Gasteiger partial charge in [-0.1, -0.05) is 20.8 Å². The average Bonchev–Trinajstić information content (AvgIpc) is 2.36. The molecule has 0 unspecified atom stereocenters. The monoisotopic (exact) mass is 268 g/mol. The third kappa shape index (κ3) is 3.98. The van der Waals surface area contributed by atoms with E-state index in [2.05, 4.69) is 16.9 Å². The summed E-state index contributed by atoms with van der Waals surface area (Å²) in [5.41, 5.74) is 1.26. The highest BCUT2D eigenvalue weighted by Gasteiger charge is 2.17. The molecule has 100 valence electrons. The van der Waals surface area contributed by atoms with Crippen molar-refractivity contribution in [3.8, 4) is 0 Å². The maximum Gasteiger partial charge on any atom is 0.341 e. The van der Waals surface area contributed by atoms with E-state index >= 15 is 0 Å². The Bertz CT molecular complexity index is 408. The lowest BCUT2D eigenvalue weighted by molar-refractivity contribution is 0.0523. The van der Waals surface area contributed by atoms with E-state index in [1.807, 2.05) is 13.8 Å². The van der Waals surface area contributed by atoms with Crippen LogP contribution in [-0.4, -0.2) is 28.3 Å². The molecular weight excluding hydrogens is 248 g/mol. The SMILES string of the molecule is CCOC(=O)c1cnc(CSCC)nc1C(C)C. The van der Waals surface area contributed by atoms with Gasteiger partial charge in [0.25, 0.3) is 0 Å². The fourth-order valence-corrected chi connectivity index (χ4v) is 2.03. The predicted octanol–water partition coefficient (Wildman–Crippen LogP) is 3.03. The lowest BCUT2D eigenvalue weighted by Crippen LogP contribution is -2.13. The topological polar surface area (TPSA) is 52.1 Å². The van der Waals surface area contributed by atoms with Crippen LogP contribution >= 0.6 is 11.8 Å². The largest absolute Gasteiger partial charge is 0.462 e. The maximum absolute atomic E-state index is 11.8. The van der Waals surface area contributed by atoms with Gasteiger partial charge in [0, 0.05) is 6.20 Å². The standard InChI is InChI=1S/C13H20N2O2S/c1-5-17-13(16)10-7-14-11(8-18-6-2)15-12(10)9(3)4/h7,9H,5-6,8H2,1-4H3. The summed E-state index contributed by atoms with van der Waals surface area (Å²) in [4.78, 5) is 20.5. The Balaban J connectivity index is 3.00. The Morgan fingerprint density at radius 2 is 2.17 bits per heavy atom. The van der Waals surface area contributed by atoms with Gasteiger partial charge >= 0.3 is 5.97 Å². The van der Waals surface area contributed by atoms with Crippen LogP contribution in [0.3, 0.4) is 0 Å². The van der Waals surface area contributed by atoms with Crippen molar-refractivity contribution in [3.05, 3.63) is 23.3 Å². The molecule has 0 amide bonds. The second-order valence-corrected chi connectivity index (χ2v) is 5.37. The van der Waals surface area contributed by atoms with Gasteiger partial charge in [0.05, 0.1) is 23.6 Å². The molecule has 0 fully saturated rings. The van der Waals surface area contributed by atoms with Crippen LogP contribution in [0, 0.1) is 0 Å². The fraction of sp³-hybridized carbons (Fsp3) is 0.615. The summed E-state index contributed by atoms with van der Waals surface area (Å²) in [5.74, 6) is 2.42. The number of carbonyl (C=O) groups excluding carboxylic acids is 1. The van der Waals surface area contributed by atoms with Gasteiger partial charge in [-0.2, -0.15) is 11.8 Å². The molecule has 0 radical (unpaired) electrons. The van der Waals surface area contributed by atoms with E-state index in [1.165, 1.54) is 0 Å². The van der Waals surface area contributed by atoms with Crippen molar-refractivity contribution in [1.82, 2.24) is 9.97 Å². The van der Waals surface area contributed by atoms with E-state index in [4.69, 9.17) is 4.74 Å². The number of thioether (sulfide) groups is 1. The minimum absolute atomic E-state index is 0.179. The van der Waals surface area contributed by atoms with E-state index in [0.29, 0.717) is 12.2 Å². The van der Waals surface area contributed by atoms with Crippen molar-refractivity contribution in [2.75, 3.05) is 12.4 Å². The summed E-state index contributed by atoms with van der Waals surface area (Å²) in [6.07, 6.45) is 1.59. The summed E-state index contributed by atoms with van der Waals surface area (Å²) in [6.45, 7) is 8.29. The maximum atomic E-state index is 11.8. The third-order valence-electron chi connectivity index (χ3n) is 2.35. The predicted molar refractivity (Wildman–Crippen MR) is 73.9 cm³/mol. The number of hydrogen-bond acceptors (Lipinski definition) is 5. The van der Waals surface area contributed by atoms with Gasteiger partial charge in [0.15, 0.2) is 0 Å². The van der Waals surface area contributed by atoms with Gasteiger partial charge in [-0.15, -0.1) is 0 Å². The lowest BCUT2D eigenvalue weighted by Gasteiger charge is -2.11. The Morgan fingerprint density at radius 3 is 2.72 bits per heavy atom. The number of rotatable bonds is 6. The minimum Gasteiger partial charge on any atom is -0.462 e. The van der Waals surface area contributed by atoms with Gasteiger partial charge in [-0.3, -0.25) is 0 Å². The van der Waals surface area contributed by atoms with Crippen LogP contribution in [0.1, 0.15) is 55.5 Å². The Morgan fingerprint density at radius 1 is 1.44 bits per heavy atom. The van der Waals surface area contributed by atoms with Crippen molar-refractivity contribution in [1.29, 1.82) is 0 Å². The zero-order chi connectivity index (χ0) is 13.5. The molecule has 0 aliphatic carbocycles. The van der Waals surface area contributed by atoms with E-state index < -0.39 is 0 Å². The molecule has 1 aromatic heterocycles. The number of hydrogen-bond donors (Lipinski definition) is 0. The normalized spacial score (nSPS) is 10.7. The zero-order valence-corrected chi connectivity index (χ0v) is 12.2. The molecule has 1 heterocycles. The summed E-state index contributed by atoms with van der Waals surface area (Å²) in [5, 5.41) is 0. The van der Waals surface area contributed by atoms with Gasteiger partial charge in [0.2, 0.25) is 0 Å².